The Morgan fingerprint density at radius 3 is 2.48 bits per heavy atom. The highest BCUT2D eigenvalue weighted by Gasteiger charge is 2.37. The minimum absolute atomic E-state index is 0.0671. The van der Waals surface area contributed by atoms with Crippen molar-refractivity contribution in [3.05, 3.63) is 29.8 Å². The highest BCUT2D eigenvalue weighted by molar-refractivity contribution is 7.89. The third-order valence-corrected chi connectivity index (χ3v) is 6.44. The van der Waals surface area contributed by atoms with Gasteiger partial charge in [-0.1, -0.05) is 18.2 Å². The Bertz CT molecular complexity index is 672. The van der Waals surface area contributed by atoms with Gasteiger partial charge in [0.15, 0.2) is 0 Å². The molecule has 0 spiro atoms. The van der Waals surface area contributed by atoms with E-state index >= 15 is 0 Å². The molecule has 1 aliphatic heterocycles. The van der Waals surface area contributed by atoms with Crippen LogP contribution in [0.4, 0.5) is 0 Å². The average molecular weight is 340 g/mol. The molecule has 2 rings (SSSR count). The number of amides is 1. The summed E-state index contributed by atoms with van der Waals surface area (Å²) in [5.41, 5.74) is 0.828. The normalized spacial score (nSPS) is 19.9. The number of hydrogen-bond donors (Lipinski definition) is 0. The lowest BCUT2D eigenvalue weighted by atomic mass is 10.0. The second kappa shape index (κ2) is 6.88. The Morgan fingerprint density at radius 2 is 1.91 bits per heavy atom. The third kappa shape index (κ3) is 3.50. The summed E-state index contributed by atoms with van der Waals surface area (Å²) >= 11 is 0. The number of rotatable bonds is 4. The molecule has 1 fully saturated rings. The van der Waals surface area contributed by atoms with Gasteiger partial charge >= 0.3 is 0 Å². The van der Waals surface area contributed by atoms with Crippen molar-refractivity contribution in [2.75, 3.05) is 26.7 Å². The van der Waals surface area contributed by atoms with Gasteiger partial charge < -0.3 is 9.64 Å². The van der Waals surface area contributed by atoms with Crippen LogP contribution in [0.25, 0.3) is 0 Å². The van der Waals surface area contributed by atoms with E-state index in [-0.39, 0.29) is 18.5 Å². The monoisotopic (exact) mass is 340 g/mol. The van der Waals surface area contributed by atoms with E-state index in [4.69, 9.17) is 4.74 Å². The van der Waals surface area contributed by atoms with Crippen molar-refractivity contribution in [1.29, 1.82) is 0 Å². The number of sulfonamides is 1. The number of benzene rings is 1. The predicted molar refractivity (Wildman–Crippen MR) is 88.8 cm³/mol. The maximum atomic E-state index is 12.5. The zero-order valence-corrected chi connectivity index (χ0v) is 14.8. The predicted octanol–water partition coefficient (Wildman–Crippen LogP) is 1.64. The number of methoxy groups -OCH3 is 1. The van der Waals surface area contributed by atoms with Crippen molar-refractivity contribution in [2.24, 2.45) is 0 Å². The molecule has 7 heteroatoms. The van der Waals surface area contributed by atoms with E-state index in [0.29, 0.717) is 18.8 Å². The topological polar surface area (TPSA) is 66.9 Å². The molecule has 6 nitrogen and oxygen atoms in total. The first-order valence-electron chi connectivity index (χ1n) is 7.68. The van der Waals surface area contributed by atoms with Crippen molar-refractivity contribution >= 4 is 15.9 Å². The maximum absolute atomic E-state index is 12.5. The molecule has 1 aromatic carbocycles. The SMILES string of the molecule is COc1ccccc1[C@@H]1CN(S(=O)(=O)C(C)C)CCN1C(C)=O. The number of carbonyl (C=O) groups excluding carboxylic acids is 1. The Kier molecular flexibility index (Phi) is 5.31. The van der Waals surface area contributed by atoms with E-state index in [1.54, 1.807) is 25.9 Å². The lowest BCUT2D eigenvalue weighted by Crippen LogP contribution is -2.53. The van der Waals surface area contributed by atoms with Gasteiger partial charge in [0.05, 0.1) is 18.4 Å². The lowest BCUT2D eigenvalue weighted by molar-refractivity contribution is -0.133. The molecular formula is C16H24N2O4S. The molecule has 1 heterocycles. The molecular weight excluding hydrogens is 316 g/mol. The van der Waals surface area contributed by atoms with E-state index in [9.17, 15) is 13.2 Å². The first kappa shape index (κ1) is 17.7. The number of nitrogens with zero attached hydrogens (tertiary/aromatic N) is 2. The second-order valence-electron chi connectivity index (χ2n) is 5.92. The van der Waals surface area contributed by atoms with Crippen molar-refractivity contribution in [3.63, 3.8) is 0 Å². The summed E-state index contributed by atoms with van der Waals surface area (Å²) in [6.45, 7) is 5.81. The zero-order chi connectivity index (χ0) is 17.2. The van der Waals surface area contributed by atoms with Gasteiger partial charge in [0.1, 0.15) is 5.75 Å². The smallest absolute Gasteiger partial charge is 0.220 e. The molecule has 1 atom stereocenters. The van der Waals surface area contributed by atoms with Gasteiger partial charge in [0.25, 0.3) is 0 Å². The Labute approximate surface area is 138 Å². The maximum Gasteiger partial charge on any atom is 0.220 e. The van der Waals surface area contributed by atoms with E-state index in [0.717, 1.165) is 5.56 Å². The summed E-state index contributed by atoms with van der Waals surface area (Å²) in [7, 11) is -1.78. The number of carbonyl (C=O) groups is 1. The molecule has 1 saturated heterocycles. The summed E-state index contributed by atoms with van der Waals surface area (Å²) in [4.78, 5) is 13.7. The first-order chi connectivity index (χ1) is 10.8. The highest BCUT2D eigenvalue weighted by Crippen LogP contribution is 2.33. The van der Waals surface area contributed by atoms with Crippen LogP contribution < -0.4 is 4.74 Å². The van der Waals surface area contributed by atoms with Crippen LogP contribution in [-0.4, -0.2) is 55.5 Å². The lowest BCUT2D eigenvalue weighted by Gasteiger charge is -2.41. The summed E-state index contributed by atoms with van der Waals surface area (Å²) < 4.78 is 31.8. The van der Waals surface area contributed by atoms with Gasteiger partial charge in [-0.2, -0.15) is 4.31 Å². The van der Waals surface area contributed by atoms with E-state index < -0.39 is 15.3 Å². The number of ether oxygens (including phenoxy) is 1. The Balaban J connectivity index is 2.41. The van der Waals surface area contributed by atoms with Crippen LogP contribution in [0.1, 0.15) is 32.4 Å². The molecule has 0 unspecified atom stereocenters. The second-order valence-corrected chi connectivity index (χ2v) is 8.41. The van der Waals surface area contributed by atoms with Crippen LogP contribution in [0.3, 0.4) is 0 Å². The average Bonchev–Trinajstić information content (AvgIpc) is 2.53. The van der Waals surface area contributed by atoms with E-state index in [1.807, 2.05) is 24.3 Å². The van der Waals surface area contributed by atoms with Gasteiger partial charge in [-0.05, 0) is 19.9 Å². The molecule has 1 amide bonds. The summed E-state index contributed by atoms with van der Waals surface area (Å²) in [6.07, 6.45) is 0. The van der Waals surface area contributed by atoms with Crippen molar-refractivity contribution in [2.45, 2.75) is 32.1 Å². The number of para-hydroxylation sites is 1. The van der Waals surface area contributed by atoms with Crippen LogP contribution in [0, 0.1) is 0 Å². The molecule has 23 heavy (non-hydrogen) atoms. The molecule has 0 radical (unpaired) electrons. The fourth-order valence-corrected chi connectivity index (χ4v) is 4.15. The van der Waals surface area contributed by atoms with Crippen LogP contribution in [0.2, 0.25) is 0 Å². The quantitative estimate of drug-likeness (QED) is 0.836. The Morgan fingerprint density at radius 1 is 1.26 bits per heavy atom. The third-order valence-electron chi connectivity index (χ3n) is 4.20. The van der Waals surface area contributed by atoms with Crippen LogP contribution >= 0.6 is 0 Å². The summed E-state index contributed by atoms with van der Waals surface area (Å²) in [6, 6.07) is 7.08. The fourth-order valence-electron chi connectivity index (χ4n) is 2.87. The zero-order valence-electron chi connectivity index (χ0n) is 14.0. The fraction of sp³-hybridized carbons (Fsp3) is 0.562. The number of hydrogen-bond acceptors (Lipinski definition) is 4. The standard InChI is InChI=1S/C16H24N2O4S/c1-12(2)23(20,21)17-9-10-18(13(3)19)15(11-17)14-7-5-6-8-16(14)22-4/h5-8,12,15H,9-11H2,1-4H3/t15-/m0/s1. The van der Waals surface area contributed by atoms with E-state index in [2.05, 4.69) is 0 Å². The molecule has 0 aromatic heterocycles. The Hall–Kier alpha value is -1.60. The van der Waals surface area contributed by atoms with E-state index in [1.165, 1.54) is 11.2 Å². The first-order valence-corrected chi connectivity index (χ1v) is 9.18. The van der Waals surface area contributed by atoms with Gasteiger partial charge in [-0.15, -0.1) is 0 Å². The number of piperazine rings is 1. The van der Waals surface area contributed by atoms with Gasteiger partial charge in [-0.3, -0.25) is 4.79 Å². The van der Waals surface area contributed by atoms with Gasteiger partial charge in [0, 0.05) is 32.1 Å². The molecule has 0 N–H and O–H groups in total. The molecule has 0 aliphatic carbocycles. The van der Waals surface area contributed by atoms with Crippen LogP contribution in [0.15, 0.2) is 24.3 Å². The summed E-state index contributed by atoms with van der Waals surface area (Å²) in [5, 5.41) is -0.482. The van der Waals surface area contributed by atoms with Crippen molar-refractivity contribution in [1.82, 2.24) is 9.21 Å². The molecule has 1 aliphatic rings. The van der Waals surface area contributed by atoms with Gasteiger partial charge in [-0.25, -0.2) is 8.42 Å². The van der Waals surface area contributed by atoms with Crippen LogP contribution in [0.5, 0.6) is 5.75 Å². The van der Waals surface area contributed by atoms with Crippen molar-refractivity contribution < 1.29 is 17.9 Å². The minimum atomic E-state index is -3.36. The van der Waals surface area contributed by atoms with Crippen LogP contribution in [-0.2, 0) is 14.8 Å². The molecule has 1 aromatic rings. The van der Waals surface area contributed by atoms with Crippen molar-refractivity contribution in [3.8, 4) is 5.75 Å². The molecule has 0 saturated carbocycles. The largest absolute Gasteiger partial charge is 0.496 e. The summed E-state index contributed by atoms with van der Waals surface area (Å²) in [5.74, 6) is 0.593. The molecule has 0 bridgehead atoms. The minimum Gasteiger partial charge on any atom is -0.496 e. The van der Waals surface area contributed by atoms with Gasteiger partial charge in [0.2, 0.25) is 15.9 Å². The highest BCUT2D eigenvalue weighted by atomic mass is 32.2. The molecule has 128 valence electrons.